The highest BCUT2D eigenvalue weighted by molar-refractivity contribution is 7.98. The van der Waals surface area contributed by atoms with Crippen LogP contribution in [0.15, 0.2) is 24.3 Å². The molecule has 0 spiro atoms. The van der Waals surface area contributed by atoms with Gasteiger partial charge in [0.15, 0.2) is 0 Å². The SMILES string of the molecule is CSCCC(C)NCc1ccccc1[N+](=O)[O-]. The van der Waals surface area contributed by atoms with E-state index in [2.05, 4.69) is 18.5 Å². The van der Waals surface area contributed by atoms with Gasteiger partial charge in [0.1, 0.15) is 0 Å². The number of rotatable bonds is 7. The van der Waals surface area contributed by atoms with E-state index in [1.54, 1.807) is 18.2 Å². The zero-order valence-corrected chi connectivity index (χ0v) is 11.0. The van der Waals surface area contributed by atoms with Crippen LogP contribution in [0.1, 0.15) is 18.9 Å². The van der Waals surface area contributed by atoms with E-state index in [9.17, 15) is 10.1 Å². The minimum atomic E-state index is -0.330. The third-order valence-electron chi connectivity index (χ3n) is 2.58. The van der Waals surface area contributed by atoms with E-state index >= 15 is 0 Å². The highest BCUT2D eigenvalue weighted by atomic mass is 32.2. The fourth-order valence-electron chi connectivity index (χ4n) is 1.52. The Kier molecular flexibility index (Phi) is 6.00. The Hall–Kier alpha value is -1.07. The molecular formula is C12H18N2O2S. The molecule has 0 saturated heterocycles. The summed E-state index contributed by atoms with van der Waals surface area (Å²) in [5.41, 5.74) is 0.936. The van der Waals surface area contributed by atoms with Crippen molar-refractivity contribution in [3.05, 3.63) is 39.9 Å². The Morgan fingerprint density at radius 2 is 2.18 bits per heavy atom. The van der Waals surface area contributed by atoms with Gasteiger partial charge in [-0.3, -0.25) is 10.1 Å². The average molecular weight is 254 g/mol. The minimum Gasteiger partial charge on any atom is -0.310 e. The van der Waals surface area contributed by atoms with Gasteiger partial charge in [-0.05, 0) is 25.4 Å². The maximum atomic E-state index is 10.8. The van der Waals surface area contributed by atoms with E-state index in [0.29, 0.717) is 12.6 Å². The Morgan fingerprint density at radius 1 is 1.47 bits per heavy atom. The lowest BCUT2D eigenvalue weighted by Crippen LogP contribution is -2.26. The molecule has 1 atom stereocenters. The van der Waals surface area contributed by atoms with Gasteiger partial charge in [-0.1, -0.05) is 18.2 Å². The molecule has 0 bridgehead atoms. The van der Waals surface area contributed by atoms with Gasteiger partial charge in [-0.15, -0.1) is 0 Å². The predicted octanol–water partition coefficient (Wildman–Crippen LogP) is 2.83. The quantitative estimate of drug-likeness (QED) is 0.600. The van der Waals surface area contributed by atoms with Crippen LogP contribution in [0.5, 0.6) is 0 Å². The molecule has 1 aromatic carbocycles. The molecule has 1 unspecified atom stereocenters. The zero-order valence-electron chi connectivity index (χ0n) is 10.2. The van der Waals surface area contributed by atoms with Crippen molar-refractivity contribution in [1.82, 2.24) is 5.32 Å². The molecule has 5 heteroatoms. The van der Waals surface area contributed by atoms with Gasteiger partial charge in [0.05, 0.1) is 4.92 Å². The highest BCUT2D eigenvalue weighted by Gasteiger charge is 2.12. The number of hydrogen-bond acceptors (Lipinski definition) is 4. The topological polar surface area (TPSA) is 55.2 Å². The molecule has 1 rings (SSSR count). The van der Waals surface area contributed by atoms with Crippen molar-refractivity contribution < 1.29 is 4.92 Å². The predicted molar refractivity (Wildman–Crippen MR) is 72.4 cm³/mol. The summed E-state index contributed by atoms with van der Waals surface area (Å²) in [6.45, 7) is 2.65. The molecule has 0 heterocycles. The number of hydrogen-bond donors (Lipinski definition) is 1. The summed E-state index contributed by atoms with van der Waals surface area (Å²) < 4.78 is 0. The van der Waals surface area contributed by atoms with Crippen LogP contribution in [0.4, 0.5) is 5.69 Å². The molecule has 0 aromatic heterocycles. The molecular weight excluding hydrogens is 236 g/mol. The fraction of sp³-hybridized carbons (Fsp3) is 0.500. The summed E-state index contributed by atoms with van der Waals surface area (Å²) in [7, 11) is 0. The monoisotopic (exact) mass is 254 g/mol. The summed E-state index contributed by atoms with van der Waals surface area (Å²) in [6.07, 6.45) is 3.15. The zero-order chi connectivity index (χ0) is 12.7. The fourth-order valence-corrected chi connectivity index (χ4v) is 2.11. The van der Waals surface area contributed by atoms with Crippen LogP contribution in [0, 0.1) is 10.1 Å². The summed E-state index contributed by atoms with van der Waals surface area (Å²) in [5, 5.41) is 14.1. The van der Waals surface area contributed by atoms with Crippen molar-refractivity contribution in [3.8, 4) is 0 Å². The number of nitro groups is 1. The van der Waals surface area contributed by atoms with Crippen LogP contribution in [0.2, 0.25) is 0 Å². The molecule has 0 saturated carbocycles. The Labute approximate surface area is 106 Å². The molecule has 0 aliphatic carbocycles. The molecule has 4 nitrogen and oxygen atoms in total. The second-order valence-electron chi connectivity index (χ2n) is 3.95. The van der Waals surface area contributed by atoms with Crippen LogP contribution in [-0.2, 0) is 6.54 Å². The van der Waals surface area contributed by atoms with Gasteiger partial charge in [0, 0.05) is 24.2 Å². The molecule has 0 aliphatic rings. The van der Waals surface area contributed by atoms with E-state index in [4.69, 9.17) is 0 Å². The smallest absolute Gasteiger partial charge is 0.273 e. The molecule has 94 valence electrons. The first-order valence-electron chi connectivity index (χ1n) is 5.59. The maximum Gasteiger partial charge on any atom is 0.273 e. The lowest BCUT2D eigenvalue weighted by molar-refractivity contribution is -0.385. The molecule has 0 aliphatic heterocycles. The lowest BCUT2D eigenvalue weighted by Gasteiger charge is -2.13. The van der Waals surface area contributed by atoms with Gasteiger partial charge < -0.3 is 5.32 Å². The largest absolute Gasteiger partial charge is 0.310 e. The van der Waals surface area contributed by atoms with E-state index in [0.717, 1.165) is 17.7 Å². The van der Waals surface area contributed by atoms with Crippen molar-refractivity contribution in [2.24, 2.45) is 0 Å². The van der Waals surface area contributed by atoms with Gasteiger partial charge >= 0.3 is 0 Å². The van der Waals surface area contributed by atoms with E-state index in [1.807, 2.05) is 17.8 Å². The van der Waals surface area contributed by atoms with Gasteiger partial charge in [0.25, 0.3) is 5.69 Å². The second-order valence-corrected chi connectivity index (χ2v) is 4.93. The number of para-hydroxylation sites is 1. The Balaban J connectivity index is 2.54. The van der Waals surface area contributed by atoms with E-state index in [1.165, 1.54) is 0 Å². The van der Waals surface area contributed by atoms with E-state index in [-0.39, 0.29) is 10.6 Å². The summed E-state index contributed by atoms with van der Waals surface area (Å²) in [5.74, 6) is 1.10. The first kappa shape index (κ1) is 14.0. The first-order valence-corrected chi connectivity index (χ1v) is 6.99. The Bertz CT molecular complexity index is 371. The molecule has 17 heavy (non-hydrogen) atoms. The van der Waals surface area contributed by atoms with Crippen molar-refractivity contribution in [2.45, 2.75) is 25.9 Å². The molecule has 1 aromatic rings. The lowest BCUT2D eigenvalue weighted by atomic mass is 10.1. The van der Waals surface area contributed by atoms with Crippen LogP contribution in [0.3, 0.4) is 0 Å². The third kappa shape index (κ3) is 4.75. The van der Waals surface area contributed by atoms with Gasteiger partial charge in [-0.25, -0.2) is 0 Å². The summed E-state index contributed by atoms with van der Waals surface area (Å²) in [4.78, 5) is 10.5. The molecule has 1 N–H and O–H groups in total. The van der Waals surface area contributed by atoms with Crippen LogP contribution >= 0.6 is 11.8 Å². The average Bonchev–Trinajstić information content (AvgIpc) is 2.34. The highest BCUT2D eigenvalue weighted by Crippen LogP contribution is 2.17. The number of thioether (sulfide) groups is 1. The summed E-state index contributed by atoms with van der Waals surface area (Å²) >= 11 is 1.81. The first-order chi connectivity index (χ1) is 8.15. The van der Waals surface area contributed by atoms with Gasteiger partial charge in [-0.2, -0.15) is 11.8 Å². The van der Waals surface area contributed by atoms with Crippen molar-refractivity contribution in [3.63, 3.8) is 0 Å². The van der Waals surface area contributed by atoms with Crippen molar-refractivity contribution >= 4 is 17.4 Å². The number of nitro benzene ring substituents is 1. The van der Waals surface area contributed by atoms with Crippen LogP contribution < -0.4 is 5.32 Å². The number of nitrogens with one attached hydrogen (secondary N) is 1. The normalized spacial score (nSPS) is 12.4. The maximum absolute atomic E-state index is 10.8. The minimum absolute atomic E-state index is 0.192. The van der Waals surface area contributed by atoms with Crippen molar-refractivity contribution in [1.29, 1.82) is 0 Å². The Morgan fingerprint density at radius 3 is 2.82 bits per heavy atom. The number of benzene rings is 1. The molecule has 0 amide bonds. The van der Waals surface area contributed by atoms with Crippen LogP contribution in [0.25, 0.3) is 0 Å². The molecule has 0 radical (unpaired) electrons. The van der Waals surface area contributed by atoms with Crippen LogP contribution in [-0.4, -0.2) is 23.0 Å². The summed E-state index contributed by atoms with van der Waals surface area (Å²) in [6, 6.07) is 7.24. The molecule has 0 fully saturated rings. The van der Waals surface area contributed by atoms with Crippen molar-refractivity contribution in [2.75, 3.05) is 12.0 Å². The van der Waals surface area contributed by atoms with Gasteiger partial charge in [0.2, 0.25) is 0 Å². The van der Waals surface area contributed by atoms with E-state index < -0.39 is 0 Å². The third-order valence-corrected chi connectivity index (χ3v) is 3.23. The standard InChI is InChI=1S/C12H18N2O2S/c1-10(7-8-17-2)13-9-11-5-3-4-6-12(11)14(15)16/h3-6,10,13H,7-9H2,1-2H3. The second kappa shape index (κ2) is 7.29. The number of nitrogens with zero attached hydrogens (tertiary/aromatic N) is 1.